The van der Waals surface area contributed by atoms with Gasteiger partial charge in [0, 0.05) is 11.5 Å². The molecule has 152 valence electrons. The van der Waals surface area contributed by atoms with Crippen molar-refractivity contribution in [1.29, 1.82) is 0 Å². The van der Waals surface area contributed by atoms with Crippen molar-refractivity contribution in [1.82, 2.24) is 15.5 Å². The normalized spacial score (nSPS) is 15.1. The van der Waals surface area contributed by atoms with Gasteiger partial charge in [0.1, 0.15) is 6.04 Å². The van der Waals surface area contributed by atoms with Crippen molar-refractivity contribution in [3.63, 3.8) is 0 Å². The van der Waals surface area contributed by atoms with Gasteiger partial charge in [0.15, 0.2) is 11.5 Å². The van der Waals surface area contributed by atoms with Crippen LogP contribution < -0.4 is 19.5 Å². The van der Waals surface area contributed by atoms with E-state index < -0.39 is 0 Å². The SMILES string of the molecule is COc1cc(-c2noc([C@H](NC(=O)C3CCC3)C(C)C)n2)cc(OC)c1OC. The minimum atomic E-state index is -0.337. The summed E-state index contributed by atoms with van der Waals surface area (Å²) >= 11 is 0. The fourth-order valence-electron chi connectivity index (χ4n) is 3.14. The molecule has 8 heteroatoms. The molecule has 28 heavy (non-hydrogen) atoms. The van der Waals surface area contributed by atoms with E-state index in [1.807, 2.05) is 13.8 Å². The van der Waals surface area contributed by atoms with E-state index in [1.54, 1.807) is 33.5 Å². The van der Waals surface area contributed by atoms with Crippen molar-refractivity contribution in [2.45, 2.75) is 39.2 Å². The lowest BCUT2D eigenvalue weighted by Gasteiger charge is -2.27. The van der Waals surface area contributed by atoms with Crippen molar-refractivity contribution in [3.8, 4) is 28.6 Å². The molecule has 1 fully saturated rings. The Morgan fingerprint density at radius 1 is 1.14 bits per heavy atom. The van der Waals surface area contributed by atoms with Crippen molar-refractivity contribution in [3.05, 3.63) is 18.0 Å². The summed E-state index contributed by atoms with van der Waals surface area (Å²) < 4.78 is 21.6. The molecular weight excluding hydrogens is 362 g/mol. The Morgan fingerprint density at radius 3 is 2.25 bits per heavy atom. The van der Waals surface area contributed by atoms with Crippen LogP contribution in [-0.2, 0) is 4.79 Å². The zero-order chi connectivity index (χ0) is 20.3. The molecule has 1 amide bonds. The highest BCUT2D eigenvalue weighted by atomic mass is 16.5. The molecule has 0 radical (unpaired) electrons. The first-order valence-corrected chi connectivity index (χ1v) is 9.42. The predicted octanol–water partition coefficient (Wildman–Crippen LogP) is 3.38. The van der Waals surface area contributed by atoms with Gasteiger partial charge in [0.2, 0.25) is 23.4 Å². The number of carbonyl (C=O) groups excluding carboxylic acids is 1. The molecule has 1 atom stereocenters. The minimum Gasteiger partial charge on any atom is -0.493 e. The summed E-state index contributed by atoms with van der Waals surface area (Å²) in [5.41, 5.74) is 0.664. The van der Waals surface area contributed by atoms with E-state index in [0.29, 0.717) is 34.5 Å². The number of hydrogen-bond donors (Lipinski definition) is 1. The van der Waals surface area contributed by atoms with Crippen molar-refractivity contribution < 1.29 is 23.5 Å². The first-order chi connectivity index (χ1) is 13.5. The molecule has 0 aliphatic heterocycles. The molecular formula is C20H27N3O5. The monoisotopic (exact) mass is 389 g/mol. The van der Waals surface area contributed by atoms with Crippen LogP contribution in [0.1, 0.15) is 45.0 Å². The highest BCUT2D eigenvalue weighted by Crippen LogP contribution is 2.40. The van der Waals surface area contributed by atoms with Gasteiger partial charge in [-0.3, -0.25) is 4.79 Å². The second-order valence-corrected chi connectivity index (χ2v) is 7.23. The Bertz CT molecular complexity index is 804. The van der Waals surface area contributed by atoms with E-state index in [9.17, 15) is 4.79 Å². The third-order valence-corrected chi connectivity index (χ3v) is 5.07. The molecule has 3 rings (SSSR count). The van der Waals surface area contributed by atoms with Crippen LogP contribution in [0.25, 0.3) is 11.4 Å². The molecule has 8 nitrogen and oxygen atoms in total. The second-order valence-electron chi connectivity index (χ2n) is 7.23. The van der Waals surface area contributed by atoms with Gasteiger partial charge in [-0.2, -0.15) is 4.98 Å². The smallest absolute Gasteiger partial charge is 0.249 e. The van der Waals surface area contributed by atoms with Gasteiger partial charge in [0.05, 0.1) is 21.3 Å². The average molecular weight is 389 g/mol. The van der Waals surface area contributed by atoms with Crippen LogP contribution in [0.2, 0.25) is 0 Å². The van der Waals surface area contributed by atoms with Crippen molar-refractivity contribution >= 4 is 5.91 Å². The number of benzene rings is 1. The maximum absolute atomic E-state index is 12.4. The van der Waals surface area contributed by atoms with Gasteiger partial charge in [-0.1, -0.05) is 25.4 Å². The highest BCUT2D eigenvalue weighted by Gasteiger charge is 2.31. The first-order valence-electron chi connectivity index (χ1n) is 9.42. The largest absolute Gasteiger partial charge is 0.493 e. The highest BCUT2D eigenvalue weighted by molar-refractivity contribution is 5.79. The molecule has 1 aromatic carbocycles. The Balaban J connectivity index is 1.88. The molecule has 0 saturated heterocycles. The maximum atomic E-state index is 12.4. The molecule has 0 spiro atoms. The van der Waals surface area contributed by atoms with Crippen LogP contribution in [0, 0.1) is 11.8 Å². The first kappa shape index (κ1) is 20.0. The number of carbonyl (C=O) groups is 1. The van der Waals surface area contributed by atoms with Gasteiger partial charge < -0.3 is 24.1 Å². The van der Waals surface area contributed by atoms with Crippen LogP contribution in [-0.4, -0.2) is 37.4 Å². The molecule has 1 heterocycles. The van der Waals surface area contributed by atoms with Gasteiger partial charge in [-0.15, -0.1) is 0 Å². The number of nitrogens with one attached hydrogen (secondary N) is 1. The molecule has 1 aromatic heterocycles. The second kappa shape index (κ2) is 8.50. The van der Waals surface area contributed by atoms with E-state index in [1.165, 1.54) is 0 Å². The number of amides is 1. The van der Waals surface area contributed by atoms with Gasteiger partial charge in [-0.05, 0) is 30.9 Å². The fraction of sp³-hybridized carbons (Fsp3) is 0.550. The van der Waals surface area contributed by atoms with E-state index in [0.717, 1.165) is 19.3 Å². The molecule has 0 bridgehead atoms. The summed E-state index contributed by atoms with van der Waals surface area (Å²) in [5, 5.41) is 7.15. The van der Waals surface area contributed by atoms with Crippen LogP contribution in [0.3, 0.4) is 0 Å². The number of aromatic nitrogens is 2. The average Bonchev–Trinajstić information content (AvgIpc) is 3.12. The number of rotatable bonds is 8. The molecule has 2 aromatic rings. The molecule has 1 aliphatic rings. The maximum Gasteiger partial charge on any atom is 0.249 e. The third-order valence-electron chi connectivity index (χ3n) is 5.07. The summed E-state index contributed by atoms with van der Waals surface area (Å²) in [7, 11) is 4.64. The Kier molecular flexibility index (Phi) is 6.06. The quantitative estimate of drug-likeness (QED) is 0.739. The molecule has 1 saturated carbocycles. The number of methoxy groups -OCH3 is 3. The number of hydrogen-bond acceptors (Lipinski definition) is 7. The van der Waals surface area contributed by atoms with E-state index in [2.05, 4.69) is 15.5 Å². The molecule has 1 N–H and O–H groups in total. The van der Waals surface area contributed by atoms with Gasteiger partial charge in [-0.25, -0.2) is 0 Å². The van der Waals surface area contributed by atoms with E-state index >= 15 is 0 Å². The summed E-state index contributed by atoms with van der Waals surface area (Å²) in [6.07, 6.45) is 2.99. The number of ether oxygens (including phenoxy) is 3. The lowest BCUT2D eigenvalue weighted by atomic mass is 9.84. The summed E-state index contributed by atoms with van der Waals surface area (Å²) in [4.78, 5) is 16.9. The summed E-state index contributed by atoms with van der Waals surface area (Å²) in [6.45, 7) is 4.02. The lowest BCUT2D eigenvalue weighted by Crippen LogP contribution is -2.38. The predicted molar refractivity (Wildman–Crippen MR) is 102 cm³/mol. The fourth-order valence-corrected chi connectivity index (χ4v) is 3.14. The van der Waals surface area contributed by atoms with Crippen molar-refractivity contribution in [2.75, 3.05) is 21.3 Å². The van der Waals surface area contributed by atoms with Crippen LogP contribution in [0.15, 0.2) is 16.7 Å². The summed E-state index contributed by atoms with van der Waals surface area (Å²) in [6, 6.07) is 3.18. The molecule has 1 aliphatic carbocycles. The Labute approximate surface area is 164 Å². The Hall–Kier alpha value is -2.77. The summed E-state index contributed by atoms with van der Waals surface area (Å²) in [5.74, 6) is 2.52. The van der Waals surface area contributed by atoms with Crippen LogP contribution in [0.4, 0.5) is 0 Å². The standard InChI is InChI=1S/C20H27N3O5/c1-11(2)16(21-19(24)12-7-6-8-12)20-22-18(23-28-20)13-9-14(25-3)17(27-5)15(10-13)26-4/h9-12,16H,6-8H2,1-5H3,(H,21,24)/t16-/m1/s1. The molecule has 0 unspecified atom stereocenters. The Morgan fingerprint density at radius 2 is 1.79 bits per heavy atom. The van der Waals surface area contributed by atoms with Crippen molar-refractivity contribution in [2.24, 2.45) is 11.8 Å². The third kappa shape index (κ3) is 3.90. The zero-order valence-corrected chi connectivity index (χ0v) is 16.9. The van der Waals surface area contributed by atoms with E-state index in [4.69, 9.17) is 18.7 Å². The number of nitrogens with zero attached hydrogens (tertiary/aromatic N) is 2. The van der Waals surface area contributed by atoms with Crippen LogP contribution >= 0.6 is 0 Å². The lowest BCUT2D eigenvalue weighted by molar-refractivity contribution is -0.128. The van der Waals surface area contributed by atoms with Gasteiger partial charge >= 0.3 is 0 Å². The topological polar surface area (TPSA) is 95.7 Å². The van der Waals surface area contributed by atoms with Crippen LogP contribution in [0.5, 0.6) is 17.2 Å². The van der Waals surface area contributed by atoms with E-state index in [-0.39, 0.29) is 23.8 Å². The van der Waals surface area contributed by atoms with Gasteiger partial charge in [0.25, 0.3) is 0 Å². The zero-order valence-electron chi connectivity index (χ0n) is 16.9. The minimum absolute atomic E-state index is 0.0532.